The number of carboxylic acid groups (broad SMARTS) is 1. The van der Waals surface area contributed by atoms with Crippen molar-refractivity contribution in [2.24, 2.45) is 0 Å². The van der Waals surface area contributed by atoms with Gasteiger partial charge in [0.05, 0.1) is 5.92 Å². The zero-order valence-electron chi connectivity index (χ0n) is 9.36. The van der Waals surface area contributed by atoms with Gasteiger partial charge in [-0.3, -0.25) is 4.79 Å². The summed E-state index contributed by atoms with van der Waals surface area (Å²) in [5.74, 6) is -1.06. The third kappa shape index (κ3) is 3.39. The number of hydrogen-bond donors (Lipinski definition) is 1. The van der Waals surface area contributed by atoms with Crippen LogP contribution in [0.15, 0.2) is 24.3 Å². The lowest BCUT2D eigenvalue weighted by atomic mass is 9.93. The van der Waals surface area contributed by atoms with Gasteiger partial charge in [0.15, 0.2) is 0 Å². The Kier molecular flexibility index (Phi) is 4.35. The maximum atomic E-state index is 11.1. The molecule has 0 aromatic heterocycles. The van der Waals surface area contributed by atoms with Gasteiger partial charge in [0, 0.05) is 0 Å². The number of aliphatic carboxylic acids is 1. The van der Waals surface area contributed by atoms with E-state index >= 15 is 0 Å². The smallest absolute Gasteiger partial charge is 0.310 e. The molecule has 0 bridgehead atoms. The molecule has 2 nitrogen and oxygen atoms in total. The molecule has 1 aromatic rings. The second kappa shape index (κ2) is 5.54. The predicted molar refractivity (Wildman–Crippen MR) is 61.1 cm³/mol. The fraction of sp³-hybridized carbons (Fsp3) is 0.462. The van der Waals surface area contributed by atoms with E-state index in [1.807, 2.05) is 31.2 Å². The first-order valence-electron chi connectivity index (χ1n) is 5.44. The van der Waals surface area contributed by atoms with Crippen LogP contribution in [0.2, 0.25) is 0 Å². The van der Waals surface area contributed by atoms with Crippen LogP contribution in [0, 0.1) is 6.92 Å². The SMILES string of the molecule is CCCC[C@@H](C(=O)O)c1ccc(C)cc1. The van der Waals surface area contributed by atoms with Crippen molar-refractivity contribution in [1.82, 2.24) is 0 Å². The van der Waals surface area contributed by atoms with Crippen molar-refractivity contribution in [2.75, 3.05) is 0 Å². The molecule has 0 aliphatic carbocycles. The highest BCUT2D eigenvalue weighted by atomic mass is 16.4. The molecule has 0 unspecified atom stereocenters. The highest BCUT2D eigenvalue weighted by Gasteiger charge is 2.18. The van der Waals surface area contributed by atoms with Gasteiger partial charge < -0.3 is 5.11 Å². The van der Waals surface area contributed by atoms with Crippen LogP contribution in [0.5, 0.6) is 0 Å². The van der Waals surface area contributed by atoms with Gasteiger partial charge in [0.1, 0.15) is 0 Å². The van der Waals surface area contributed by atoms with Crippen LogP contribution >= 0.6 is 0 Å². The van der Waals surface area contributed by atoms with E-state index in [1.165, 1.54) is 5.56 Å². The first kappa shape index (κ1) is 11.8. The minimum absolute atomic E-state index is 0.342. The van der Waals surface area contributed by atoms with Gasteiger partial charge >= 0.3 is 5.97 Å². The molecule has 0 heterocycles. The van der Waals surface area contributed by atoms with Crippen LogP contribution in [0.1, 0.15) is 43.2 Å². The Morgan fingerprint density at radius 1 is 1.33 bits per heavy atom. The maximum absolute atomic E-state index is 11.1. The number of carboxylic acids is 1. The summed E-state index contributed by atoms with van der Waals surface area (Å²) in [6.07, 6.45) is 2.73. The largest absolute Gasteiger partial charge is 0.481 e. The maximum Gasteiger partial charge on any atom is 0.310 e. The van der Waals surface area contributed by atoms with Crippen LogP contribution in [0.4, 0.5) is 0 Å². The molecular weight excluding hydrogens is 188 g/mol. The minimum Gasteiger partial charge on any atom is -0.481 e. The fourth-order valence-corrected chi connectivity index (χ4v) is 1.64. The van der Waals surface area contributed by atoms with Crippen molar-refractivity contribution in [1.29, 1.82) is 0 Å². The summed E-state index contributed by atoms with van der Waals surface area (Å²) in [5.41, 5.74) is 2.08. The van der Waals surface area contributed by atoms with E-state index in [9.17, 15) is 4.79 Å². The lowest BCUT2D eigenvalue weighted by molar-refractivity contribution is -0.139. The molecule has 0 saturated heterocycles. The minimum atomic E-state index is -0.715. The summed E-state index contributed by atoms with van der Waals surface area (Å²) in [6.45, 7) is 4.08. The first-order chi connectivity index (χ1) is 7.15. The van der Waals surface area contributed by atoms with Crippen LogP contribution < -0.4 is 0 Å². The summed E-state index contributed by atoms with van der Waals surface area (Å²) >= 11 is 0. The molecule has 1 aromatic carbocycles. The van der Waals surface area contributed by atoms with Crippen molar-refractivity contribution in [3.05, 3.63) is 35.4 Å². The van der Waals surface area contributed by atoms with E-state index in [2.05, 4.69) is 6.92 Å². The van der Waals surface area contributed by atoms with Crippen molar-refractivity contribution < 1.29 is 9.90 Å². The molecule has 15 heavy (non-hydrogen) atoms. The van der Waals surface area contributed by atoms with Crippen LogP contribution in [-0.4, -0.2) is 11.1 Å². The average molecular weight is 206 g/mol. The monoisotopic (exact) mass is 206 g/mol. The van der Waals surface area contributed by atoms with Gasteiger partial charge in [-0.1, -0.05) is 49.6 Å². The van der Waals surface area contributed by atoms with E-state index in [1.54, 1.807) is 0 Å². The average Bonchev–Trinajstić information content (AvgIpc) is 2.21. The van der Waals surface area contributed by atoms with Gasteiger partial charge in [0.25, 0.3) is 0 Å². The van der Waals surface area contributed by atoms with E-state index < -0.39 is 5.97 Å². The third-order valence-corrected chi connectivity index (χ3v) is 2.62. The van der Waals surface area contributed by atoms with Crippen LogP contribution in [-0.2, 0) is 4.79 Å². The zero-order valence-corrected chi connectivity index (χ0v) is 9.36. The number of rotatable bonds is 5. The Morgan fingerprint density at radius 2 is 1.93 bits per heavy atom. The number of benzene rings is 1. The van der Waals surface area contributed by atoms with Crippen LogP contribution in [0.3, 0.4) is 0 Å². The Balaban J connectivity index is 2.79. The molecule has 1 N–H and O–H groups in total. The van der Waals surface area contributed by atoms with E-state index in [4.69, 9.17) is 5.11 Å². The van der Waals surface area contributed by atoms with Gasteiger partial charge in [-0.15, -0.1) is 0 Å². The van der Waals surface area contributed by atoms with Gasteiger partial charge in [0.2, 0.25) is 0 Å². The number of carbonyl (C=O) groups is 1. The number of hydrogen-bond acceptors (Lipinski definition) is 1. The normalized spacial score (nSPS) is 12.4. The molecule has 82 valence electrons. The molecule has 1 rings (SSSR count). The number of aryl methyl sites for hydroxylation is 1. The van der Waals surface area contributed by atoms with E-state index in [0.717, 1.165) is 24.8 Å². The third-order valence-electron chi connectivity index (χ3n) is 2.62. The Labute approximate surface area is 90.9 Å². The van der Waals surface area contributed by atoms with Crippen molar-refractivity contribution in [3.8, 4) is 0 Å². The fourth-order valence-electron chi connectivity index (χ4n) is 1.64. The second-order valence-corrected chi connectivity index (χ2v) is 3.94. The van der Waals surface area contributed by atoms with Gasteiger partial charge in [-0.25, -0.2) is 0 Å². The Bertz CT molecular complexity index is 314. The summed E-state index contributed by atoms with van der Waals surface area (Å²) in [7, 11) is 0. The highest BCUT2D eigenvalue weighted by Crippen LogP contribution is 2.22. The number of unbranched alkanes of at least 4 members (excludes halogenated alkanes) is 1. The molecule has 2 heteroatoms. The molecule has 0 spiro atoms. The van der Waals surface area contributed by atoms with E-state index in [0.29, 0.717) is 0 Å². The quantitative estimate of drug-likeness (QED) is 0.802. The van der Waals surface area contributed by atoms with Crippen molar-refractivity contribution in [3.63, 3.8) is 0 Å². The van der Waals surface area contributed by atoms with Crippen molar-refractivity contribution >= 4 is 5.97 Å². The summed E-state index contributed by atoms with van der Waals surface area (Å²) in [6, 6.07) is 7.78. The molecule has 0 saturated carbocycles. The summed E-state index contributed by atoms with van der Waals surface area (Å²) in [4.78, 5) is 11.1. The second-order valence-electron chi connectivity index (χ2n) is 3.94. The summed E-state index contributed by atoms with van der Waals surface area (Å²) in [5, 5.41) is 9.12. The van der Waals surface area contributed by atoms with Gasteiger partial charge in [-0.2, -0.15) is 0 Å². The Morgan fingerprint density at radius 3 is 2.40 bits per heavy atom. The molecule has 0 fully saturated rings. The highest BCUT2D eigenvalue weighted by molar-refractivity contribution is 5.76. The standard InChI is InChI=1S/C13H18O2/c1-3-4-5-12(13(14)15)11-8-6-10(2)7-9-11/h6-9,12H,3-5H2,1-2H3,(H,14,15)/t12-/m1/s1. The predicted octanol–water partition coefficient (Wildman–Crippen LogP) is 3.35. The molecule has 0 aliphatic rings. The molecule has 0 amide bonds. The lowest BCUT2D eigenvalue weighted by Gasteiger charge is -2.12. The molecular formula is C13H18O2. The van der Waals surface area contributed by atoms with Crippen LogP contribution in [0.25, 0.3) is 0 Å². The topological polar surface area (TPSA) is 37.3 Å². The first-order valence-corrected chi connectivity index (χ1v) is 5.44. The Hall–Kier alpha value is -1.31. The molecule has 1 atom stereocenters. The lowest BCUT2D eigenvalue weighted by Crippen LogP contribution is -2.11. The summed E-state index contributed by atoms with van der Waals surface area (Å²) < 4.78 is 0. The van der Waals surface area contributed by atoms with Crippen molar-refractivity contribution in [2.45, 2.75) is 39.0 Å². The molecule has 0 radical (unpaired) electrons. The molecule has 0 aliphatic heterocycles. The zero-order chi connectivity index (χ0) is 11.3. The van der Waals surface area contributed by atoms with Gasteiger partial charge in [-0.05, 0) is 18.9 Å². The van der Waals surface area contributed by atoms with E-state index in [-0.39, 0.29) is 5.92 Å².